The molecule has 1 radical (unpaired) electrons. The van der Waals surface area contributed by atoms with Crippen LogP contribution >= 0.6 is 0 Å². The summed E-state index contributed by atoms with van der Waals surface area (Å²) in [4.78, 5) is 12.8. The maximum absolute atomic E-state index is 11.1. The highest BCUT2D eigenvalue weighted by atomic mass is 16.1. The van der Waals surface area contributed by atoms with Crippen LogP contribution in [0, 0.1) is 6.92 Å². The van der Waals surface area contributed by atoms with Gasteiger partial charge in [0, 0.05) is 0 Å². The van der Waals surface area contributed by atoms with Crippen LogP contribution in [0.2, 0.25) is 0 Å². The number of Topliss-reactive ketones (excluding diaryl/α,β-unsaturated/α-hetero) is 1. The number of hydrogen-bond donors (Lipinski definition) is 0. The number of likely N-dealkylation sites (N-methyl/N-ethyl adjacent to an activating group) is 1. The van der Waals surface area contributed by atoms with E-state index < -0.39 is 0 Å². The van der Waals surface area contributed by atoms with Gasteiger partial charge in [-0.25, -0.2) is 0 Å². The number of hydrogen-bond acceptors (Lipinski definition) is 2. The minimum atomic E-state index is -0.294. The first-order valence-electron chi connectivity index (χ1n) is 3.16. The van der Waals surface area contributed by atoms with E-state index in [4.69, 9.17) is 0 Å². The van der Waals surface area contributed by atoms with Gasteiger partial charge in [0.25, 0.3) is 0 Å². The van der Waals surface area contributed by atoms with Gasteiger partial charge in [-0.2, -0.15) is 0 Å². The molecule has 0 fully saturated rings. The quantitative estimate of drug-likeness (QED) is 0.543. The van der Waals surface area contributed by atoms with Gasteiger partial charge in [0.2, 0.25) is 0 Å². The molecule has 0 saturated heterocycles. The number of rotatable bonds is 3. The van der Waals surface area contributed by atoms with Crippen molar-refractivity contribution in [3.63, 3.8) is 0 Å². The monoisotopic (exact) mass is 140 g/mol. The molecule has 10 heavy (non-hydrogen) atoms. The molecular weight excluding hydrogens is 126 g/mol. The smallest absolute Gasteiger partial charge is 0.175 e. The SMILES string of the molecule is [CH2]C(C(=O)C(=C)C)N(C)C. The summed E-state index contributed by atoms with van der Waals surface area (Å²) < 4.78 is 0. The van der Waals surface area contributed by atoms with Gasteiger partial charge in [-0.1, -0.05) is 6.58 Å². The van der Waals surface area contributed by atoms with E-state index >= 15 is 0 Å². The fraction of sp³-hybridized carbons (Fsp3) is 0.500. The summed E-state index contributed by atoms with van der Waals surface area (Å²) in [5.41, 5.74) is 0.564. The van der Waals surface area contributed by atoms with Crippen molar-refractivity contribution in [1.82, 2.24) is 4.90 Å². The fourth-order valence-electron chi connectivity index (χ4n) is 0.519. The predicted octanol–water partition coefficient (Wildman–Crippen LogP) is 0.896. The van der Waals surface area contributed by atoms with E-state index in [1.54, 1.807) is 11.8 Å². The van der Waals surface area contributed by atoms with Crippen LogP contribution in [-0.2, 0) is 4.79 Å². The molecule has 57 valence electrons. The molecule has 0 aliphatic rings. The van der Waals surface area contributed by atoms with E-state index in [0.29, 0.717) is 5.57 Å². The topological polar surface area (TPSA) is 20.3 Å². The van der Waals surface area contributed by atoms with Gasteiger partial charge >= 0.3 is 0 Å². The van der Waals surface area contributed by atoms with Crippen LogP contribution in [0.4, 0.5) is 0 Å². The van der Waals surface area contributed by atoms with E-state index in [1.807, 2.05) is 14.1 Å². The van der Waals surface area contributed by atoms with Crippen molar-refractivity contribution in [1.29, 1.82) is 0 Å². The minimum Gasteiger partial charge on any atom is -0.299 e. The Morgan fingerprint density at radius 2 is 1.90 bits per heavy atom. The molecule has 0 aliphatic carbocycles. The van der Waals surface area contributed by atoms with Crippen molar-refractivity contribution < 1.29 is 4.79 Å². The van der Waals surface area contributed by atoms with Crippen molar-refractivity contribution in [2.24, 2.45) is 0 Å². The third-order valence-corrected chi connectivity index (χ3v) is 1.35. The molecule has 0 aromatic carbocycles. The summed E-state index contributed by atoms with van der Waals surface area (Å²) in [6.45, 7) is 8.92. The summed E-state index contributed by atoms with van der Waals surface area (Å²) in [7, 11) is 3.64. The average molecular weight is 140 g/mol. The second kappa shape index (κ2) is 3.52. The highest BCUT2D eigenvalue weighted by Crippen LogP contribution is 1.99. The summed E-state index contributed by atoms with van der Waals surface area (Å²) in [6, 6.07) is -0.294. The fourth-order valence-corrected chi connectivity index (χ4v) is 0.519. The maximum atomic E-state index is 11.1. The third kappa shape index (κ3) is 2.31. The number of carbonyl (C=O) groups is 1. The first-order valence-corrected chi connectivity index (χ1v) is 3.16. The zero-order valence-electron chi connectivity index (χ0n) is 6.85. The highest BCUT2D eigenvalue weighted by molar-refractivity contribution is 5.98. The first kappa shape index (κ1) is 9.37. The number of carbonyl (C=O) groups excluding carboxylic acids is 1. The van der Waals surface area contributed by atoms with E-state index in [0.717, 1.165) is 0 Å². The van der Waals surface area contributed by atoms with Gasteiger partial charge in [0.05, 0.1) is 6.04 Å². The molecule has 0 amide bonds. The second-order valence-corrected chi connectivity index (χ2v) is 2.62. The molecule has 1 atom stereocenters. The molecule has 0 bridgehead atoms. The van der Waals surface area contributed by atoms with Crippen molar-refractivity contribution in [2.45, 2.75) is 13.0 Å². The van der Waals surface area contributed by atoms with Gasteiger partial charge in [0.1, 0.15) is 0 Å². The zero-order valence-corrected chi connectivity index (χ0v) is 6.85. The van der Waals surface area contributed by atoms with Gasteiger partial charge in [-0.15, -0.1) is 0 Å². The Bertz CT molecular complexity index is 149. The Labute approximate surface area is 62.5 Å². The lowest BCUT2D eigenvalue weighted by Crippen LogP contribution is -2.33. The molecule has 0 spiro atoms. The third-order valence-electron chi connectivity index (χ3n) is 1.35. The minimum absolute atomic E-state index is 0.00463. The molecule has 2 nitrogen and oxygen atoms in total. The van der Waals surface area contributed by atoms with Crippen LogP contribution in [-0.4, -0.2) is 30.8 Å². The Balaban J connectivity index is 4.08. The van der Waals surface area contributed by atoms with Crippen molar-refractivity contribution in [3.05, 3.63) is 19.1 Å². The van der Waals surface area contributed by atoms with Crippen LogP contribution in [0.3, 0.4) is 0 Å². The van der Waals surface area contributed by atoms with Crippen LogP contribution in [0.5, 0.6) is 0 Å². The maximum Gasteiger partial charge on any atom is 0.175 e. The van der Waals surface area contributed by atoms with Crippen LogP contribution in [0.1, 0.15) is 6.92 Å². The van der Waals surface area contributed by atoms with Crippen LogP contribution in [0.15, 0.2) is 12.2 Å². The van der Waals surface area contributed by atoms with E-state index in [9.17, 15) is 4.79 Å². The molecule has 0 heterocycles. The standard InChI is InChI=1S/C8H14NO/c1-6(2)8(10)7(3)9(4)5/h7H,1,3H2,2,4-5H3. The average Bonchev–Trinajstić information content (AvgIpc) is 1.84. The zero-order chi connectivity index (χ0) is 8.31. The van der Waals surface area contributed by atoms with E-state index in [2.05, 4.69) is 13.5 Å². The Morgan fingerprint density at radius 3 is 2.00 bits per heavy atom. The van der Waals surface area contributed by atoms with Crippen molar-refractivity contribution in [3.8, 4) is 0 Å². The number of nitrogens with zero attached hydrogens (tertiary/aromatic N) is 1. The molecule has 0 saturated carbocycles. The van der Waals surface area contributed by atoms with Gasteiger partial charge in [-0.3, -0.25) is 9.69 Å². The first-order chi connectivity index (χ1) is 4.46. The lowest BCUT2D eigenvalue weighted by molar-refractivity contribution is -0.118. The van der Waals surface area contributed by atoms with Crippen LogP contribution in [0.25, 0.3) is 0 Å². The Hall–Kier alpha value is -0.630. The molecular formula is C8H14NO. The summed E-state index contributed by atoms with van der Waals surface area (Å²) in [6.07, 6.45) is 0. The molecule has 0 N–H and O–H groups in total. The lowest BCUT2D eigenvalue weighted by Gasteiger charge is -2.17. The van der Waals surface area contributed by atoms with Crippen molar-refractivity contribution >= 4 is 5.78 Å². The Kier molecular flexibility index (Phi) is 3.30. The van der Waals surface area contributed by atoms with Gasteiger partial charge in [0.15, 0.2) is 5.78 Å². The molecule has 0 aliphatic heterocycles. The Morgan fingerprint density at radius 1 is 1.50 bits per heavy atom. The molecule has 0 aromatic rings. The molecule has 2 heteroatoms. The number of ketones is 1. The van der Waals surface area contributed by atoms with Crippen molar-refractivity contribution in [2.75, 3.05) is 14.1 Å². The summed E-state index contributed by atoms with van der Waals surface area (Å²) in [5.74, 6) is 0.00463. The van der Waals surface area contributed by atoms with Gasteiger partial charge in [-0.05, 0) is 33.5 Å². The van der Waals surface area contributed by atoms with Crippen LogP contribution < -0.4 is 0 Å². The summed E-state index contributed by atoms with van der Waals surface area (Å²) >= 11 is 0. The van der Waals surface area contributed by atoms with E-state index in [-0.39, 0.29) is 11.8 Å². The molecule has 0 aromatic heterocycles. The van der Waals surface area contributed by atoms with Gasteiger partial charge < -0.3 is 0 Å². The second-order valence-electron chi connectivity index (χ2n) is 2.62. The highest BCUT2D eigenvalue weighted by Gasteiger charge is 2.14. The normalized spacial score (nSPS) is 13.3. The largest absolute Gasteiger partial charge is 0.299 e. The molecule has 1 unspecified atom stereocenters. The molecule has 0 rings (SSSR count). The lowest BCUT2D eigenvalue weighted by atomic mass is 10.1. The predicted molar refractivity (Wildman–Crippen MR) is 42.7 cm³/mol. The summed E-state index contributed by atoms with van der Waals surface area (Å²) in [5, 5.41) is 0. The van der Waals surface area contributed by atoms with E-state index in [1.165, 1.54) is 0 Å².